The highest BCUT2D eigenvalue weighted by atomic mass is 32.2. The van der Waals surface area contributed by atoms with E-state index in [1.165, 1.54) is 11.3 Å². The number of hydrogen-bond acceptors (Lipinski definition) is 6. The molecule has 0 bridgehead atoms. The number of rotatable bonds is 1. The third-order valence-electron chi connectivity index (χ3n) is 2.04. The largest absolute Gasteiger partial charge is 0.505 e. The number of thioether (sulfide) groups is 1. The predicted octanol–water partition coefficient (Wildman–Crippen LogP) is 2.47. The zero-order chi connectivity index (χ0) is 11.0. The Morgan fingerprint density at radius 2 is 2.40 bits per heavy atom. The van der Waals surface area contributed by atoms with Gasteiger partial charge < -0.3 is 10.8 Å². The molecule has 0 aliphatic rings. The standard InChI is InChI=1S/C9H7N3OS2/c1-4-5(14-3-10)2-6-7(8(4)13)12-9(11)15-6/h2,13H,1H3,(H2,11,12). The minimum Gasteiger partial charge on any atom is -0.505 e. The Morgan fingerprint density at radius 3 is 3.07 bits per heavy atom. The summed E-state index contributed by atoms with van der Waals surface area (Å²) in [6.07, 6.45) is 0. The lowest BCUT2D eigenvalue weighted by molar-refractivity contribution is 0.474. The van der Waals surface area contributed by atoms with Crippen molar-refractivity contribution in [3.63, 3.8) is 0 Å². The summed E-state index contributed by atoms with van der Waals surface area (Å²) in [7, 11) is 0. The SMILES string of the molecule is Cc1c(SC#N)cc2sc(N)nc2c1O. The van der Waals surface area contributed by atoms with E-state index >= 15 is 0 Å². The molecule has 1 aromatic carbocycles. The summed E-state index contributed by atoms with van der Waals surface area (Å²) in [5, 5.41) is 20.8. The smallest absolute Gasteiger partial charge is 0.181 e. The molecule has 3 N–H and O–H groups in total. The van der Waals surface area contributed by atoms with E-state index in [1.807, 2.05) is 11.5 Å². The monoisotopic (exact) mass is 237 g/mol. The molecular formula is C9H7N3OS2. The van der Waals surface area contributed by atoms with Crippen molar-refractivity contribution in [2.45, 2.75) is 11.8 Å². The Hall–Kier alpha value is -1.45. The van der Waals surface area contributed by atoms with E-state index in [1.54, 1.807) is 6.92 Å². The zero-order valence-corrected chi connectivity index (χ0v) is 9.45. The maximum absolute atomic E-state index is 9.84. The van der Waals surface area contributed by atoms with E-state index in [2.05, 4.69) is 4.98 Å². The fourth-order valence-corrected chi connectivity index (χ4v) is 2.67. The number of anilines is 1. The molecule has 0 spiro atoms. The van der Waals surface area contributed by atoms with Crippen LogP contribution in [0.25, 0.3) is 10.2 Å². The summed E-state index contributed by atoms with van der Waals surface area (Å²) in [6.45, 7) is 1.75. The molecule has 6 heteroatoms. The molecule has 0 aliphatic carbocycles. The van der Waals surface area contributed by atoms with Crippen LogP contribution in [-0.4, -0.2) is 10.1 Å². The Balaban J connectivity index is 2.76. The van der Waals surface area contributed by atoms with E-state index in [-0.39, 0.29) is 5.75 Å². The molecule has 76 valence electrons. The second-order valence-corrected chi connectivity index (χ2v) is 4.83. The van der Waals surface area contributed by atoms with Crippen LogP contribution in [0, 0.1) is 17.6 Å². The van der Waals surface area contributed by atoms with E-state index in [9.17, 15) is 5.11 Å². The molecule has 4 nitrogen and oxygen atoms in total. The van der Waals surface area contributed by atoms with Gasteiger partial charge in [-0.2, -0.15) is 5.26 Å². The molecule has 0 unspecified atom stereocenters. The number of hydrogen-bond donors (Lipinski definition) is 2. The first kappa shape index (κ1) is 10.1. The fourth-order valence-electron chi connectivity index (χ4n) is 1.29. The van der Waals surface area contributed by atoms with Crippen LogP contribution in [0.4, 0.5) is 5.13 Å². The normalized spacial score (nSPS) is 10.4. The Morgan fingerprint density at radius 1 is 1.67 bits per heavy atom. The molecule has 0 saturated carbocycles. The summed E-state index contributed by atoms with van der Waals surface area (Å²) >= 11 is 2.32. The van der Waals surface area contributed by atoms with Gasteiger partial charge in [0, 0.05) is 10.5 Å². The van der Waals surface area contributed by atoms with Crippen molar-refractivity contribution in [3.05, 3.63) is 11.6 Å². The van der Waals surface area contributed by atoms with Gasteiger partial charge in [-0.15, -0.1) is 0 Å². The summed E-state index contributed by atoms with van der Waals surface area (Å²) < 4.78 is 0.799. The molecule has 0 atom stereocenters. The van der Waals surface area contributed by atoms with Crippen molar-refractivity contribution >= 4 is 38.4 Å². The van der Waals surface area contributed by atoms with Gasteiger partial charge in [0.2, 0.25) is 0 Å². The number of benzene rings is 1. The summed E-state index contributed by atoms with van der Waals surface area (Å²) in [4.78, 5) is 4.77. The topological polar surface area (TPSA) is 82.9 Å². The number of fused-ring (bicyclic) bond motifs is 1. The number of phenolic OH excluding ortho intramolecular Hbond substituents is 1. The number of thiazole rings is 1. The van der Waals surface area contributed by atoms with Crippen molar-refractivity contribution in [3.8, 4) is 11.2 Å². The number of thiocyanates is 1. The quantitative estimate of drug-likeness (QED) is 0.588. The molecule has 15 heavy (non-hydrogen) atoms. The van der Waals surface area contributed by atoms with Crippen molar-refractivity contribution in [1.82, 2.24) is 4.98 Å². The lowest BCUT2D eigenvalue weighted by atomic mass is 10.2. The van der Waals surface area contributed by atoms with E-state index < -0.39 is 0 Å². The summed E-state index contributed by atoms with van der Waals surface area (Å²) in [5.74, 6) is 0.109. The van der Waals surface area contributed by atoms with Crippen LogP contribution in [0.2, 0.25) is 0 Å². The van der Waals surface area contributed by atoms with Gasteiger partial charge in [-0.25, -0.2) is 4.98 Å². The van der Waals surface area contributed by atoms with Gasteiger partial charge in [-0.1, -0.05) is 11.3 Å². The number of aromatic hydroxyl groups is 1. The van der Waals surface area contributed by atoms with Crippen LogP contribution < -0.4 is 5.73 Å². The highest BCUT2D eigenvalue weighted by molar-refractivity contribution is 8.03. The maximum atomic E-state index is 9.84. The van der Waals surface area contributed by atoms with Gasteiger partial charge in [0.25, 0.3) is 0 Å². The Kier molecular flexibility index (Phi) is 2.42. The Bertz CT molecular complexity index is 571. The summed E-state index contributed by atoms with van der Waals surface area (Å²) in [6, 6.07) is 1.83. The molecule has 1 aromatic heterocycles. The second-order valence-electron chi connectivity index (χ2n) is 2.94. The molecule has 2 rings (SSSR count). The molecule has 0 fully saturated rings. The molecule has 0 amide bonds. The van der Waals surface area contributed by atoms with Crippen molar-refractivity contribution in [1.29, 1.82) is 5.26 Å². The number of phenols is 1. The molecule has 1 heterocycles. The van der Waals surface area contributed by atoms with Gasteiger partial charge in [-0.3, -0.25) is 0 Å². The molecular weight excluding hydrogens is 230 g/mol. The number of nitrogen functional groups attached to an aromatic ring is 1. The first-order valence-corrected chi connectivity index (χ1v) is 5.71. The first-order chi connectivity index (χ1) is 7.13. The van der Waals surface area contributed by atoms with Crippen LogP contribution in [-0.2, 0) is 0 Å². The van der Waals surface area contributed by atoms with Gasteiger partial charge in [0.15, 0.2) is 5.13 Å². The highest BCUT2D eigenvalue weighted by Gasteiger charge is 2.13. The van der Waals surface area contributed by atoms with Gasteiger partial charge in [0.05, 0.1) is 4.70 Å². The van der Waals surface area contributed by atoms with Gasteiger partial charge in [0.1, 0.15) is 16.7 Å². The van der Waals surface area contributed by atoms with Gasteiger partial charge >= 0.3 is 0 Å². The van der Waals surface area contributed by atoms with Crippen LogP contribution >= 0.6 is 23.1 Å². The number of aromatic nitrogens is 1. The molecule has 2 aromatic rings. The highest BCUT2D eigenvalue weighted by Crippen LogP contribution is 2.38. The maximum Gasteiger partial charge on any atom is 0.181 e. The van der Waals surface area contributed by atoms with Crippen molar-refractivity contribution < 1.29 is 5.11 Å². The fraction of sp³-hybridized carbons (Fsp3) is 0.111. The molecule has 0 radical (unpaired) electrons. The third kappa shape index (κ3) is 1.60. The minimum absolute atomic E-state index is 0.109. The first-order valence-electron chi connectivity index (χ1n) is 4.08. The molecule has 0 saturated heterocycles. The van der Waals surface area contributed by atoms with E-state index in [0.717, 1.165) is 21.4 Å². The Labute approximate surface area is 94.4 Å². The average molecular weight is 237 g/mol. The lowest BCUT2D eigenvalue weighted by Gasteiger charge is -2.03. The van der Waals surface area contributed by atoms with Crippen LogP contribution in [0.5, 0.6) is 5.75 Å². The van der Waals surface area contributed by atoms with Crippen LogP contribution in [0.15, 0.2) is 11.0 Å². The second kappa shape index (κ2) is 3.61. The predicted molar refractivity (Wildman–Crippen MR) is 61.9 cm³/mol. The number of nitriles is 1. The van der Waals surface area contributed by atoms with E-state index in [0.29, 0.717) is 16.2 Å². The zero-order valence-electron chi connectivity index (χ0n) is 7.81. The number of nitrogens with two attached hydrogens (primary N) is 1. The lowest BCUT2D eigenvalue weighted by Crippen LogP contribution is -1.83. The minimum atomic E-state index is 0.109. The third-order valence-corrected chi connectivity index (χ3v) is 3.60. The van der Waals surface area contributed by atoms with E-state index in [4.69, 9.17) is 11.0 Å². The molecule has 0 aliphatic heterocycles. The average Bonchev–Trinajstić information content (AvgIpc) is 2.56. The van der Waals surface area contributed by atoms with Crippen LogP contribution in [0.3, 0.4) is 0 Å². The van der Waals surface area contributed by atoms with Gasteiger partial charge in [-0.05, 0) is 24.8 Å². The van der Waals surface area contributed by atoms with Crippen molar-refractivity contribution in [2.24, 2.45) is 0 Å². The van der Waals surface area contributed by atoms with Crippen LogP contribution in [0.1, 0.15) is 5.56 Å². The summed E-state index contributed by atoms with van der Waals surface area (Å²) in [5.41, 5.74) is 6.74. The van der Waals surface area contributed by atoms with Crippen molar-refractivity contribution in [2.75, 3.05) is 5.73 Å². The number of nitrogens with zero attached hydrogens (tertiary/aromatic N) is 2.